The number of benzene rings is 2. The van der Waals surface area contributed by atoms with Gasteiger partial charge in [-0.25, -0.2) is 13.6 Å². The number of fused-ring (bicyclic) bond motifs is 1. The molecule has 0 heterocycles. The highest BCUT2D eigenvalue weighted by Crippen LogP contribution is 2.26. The van der Waals surface area contributed by atoms with Crippen molar-refractivity contribution in [2.24, 2.45) is 5.14 Å². The largest absolute Gasteiger partial charge is 0.322 e. The predicted octanol–water partition coefficient (Wildman–Crippen LogP) is 2.73. The number of halogens is 1. The van der Waals surface area contributed by atoms with Gasteiger partial charge < -0.3 is 5.32 Å². The van der Waals surface area contributed by atoms with Crippen molar-refractivity contribution in [2.75, 3.05) is 5.32 Å². The zero-order valence-corrected chi connectivity index (χ0v) is 13.7. The van der Waals surface area contributed by atoms with E-state index in [-0.39, 0.29) is 15.5 Å². The van der Waals surface area contributed by atoms with Crippen LogP contribution in [0.2, 0.25) is 5.02 Å². The predicted molar refractivity (Wildman–Crippen MR) is 89.2 cm³/mol. The van der Waals surface area contributed by atoms with E-state index < -0.39 is 15.9 Å². The van der Waals surface area contributed by atoms with Crippen LogP contribution in [0.1, 0.15) is 27.9 Å². The van der Waals surface area contributed by atoms with Crippen molar-refractivity contribution < 1.29 is 13.2 Å². The third-order valence-corrected chi connectivity index (χ3v) is 5.11. The van der Waals surface area contributed by atoms with E-state index in [0.29, 0.717) is 5.69 Å². The van der Waals surface area contributed by atoms with Crippen molar-refractivity contribution in [1.82, 2.24) is 0 Å². The fraction of sp³-hybridized carbons (Fsp3) is 0.188. The summed E-state index contributed by atoms with van der Waals surface area (Å²) in [5.41, 5.74) is 3.26. The summed E-state index contributed by atoms with van der Waals surface area (Å²) in [5.74, 6) is -0.474. The van der Waals surface area contributed by atoms with E-state index in [9.17, 15) is 13.2 Å². The first-order chi connectivity index (χ1) is 10.8. The van der Waals surface area contributed by atoms with Crippen LogP contribution in [0.4, 0.5) is 5.69 Å². The van der Waals surface area contributed by atoms with Crippen molar-refractivity contribution in [3.05, 3.63) is 58.1 Å². The summed E-state index contributed by atoms with van der Waals surface area (Å²) in [7, 11) is -3.90. The van der Waals surface area contributed by atoms with Gasteiger partial charge in [0.2, 0.25) is 10.0 Å². The highest BCUT2D eigenvalue weighted by molar-refractivity contribution is 7.89. The first-order valence-electron chi connectivity index (χ1n) is 7.10. The molecule has 0 aliphatic heterocycles. The van der Waals surface area contributed by atoms with Crippen molar-refractivity contribution in [3.8, 4) is 0 Å². The Hall–Kier alpha value is -1.89. The molecule has 0 radical (unpaired) electrons. The molecule has 120 valence electrons. The van der Waals surface area contributed by atoms with Gasteiger partial charge in [0.05, 0.1) is 15.5 Å². The van der Waals surface area contributed by atoms with Crippen LogP contribution in [0.15, 0.2) is 41.3 Å². The molecule has 0 saturated heterocycles. The molecule has 3 rings (SSSR count). The maximum Gasteiger partial charge on any atom is 0.257 e. The number of hydrogen-bond donors (Lipinski definition) is 2. The highest BCUT2D eigenvalue weighted by Gasteiger charge is 2.17. The fourth-order valence-electron chi connectivity index (χ4n) is 2.70. The molecule has 3 N–H and O–H groups in total. The number of nitrogens with one attached hydrogen (secondary N) is 1. The maximum absolute atomic E-state index is 12.4. The summed E-state index contributed by atoms with van der Waals surface area (Å²) in [4.78, 5) is 12.2. The third kappa shape index (κ3) is 3.39. The zero-order valence-electron chi connectivity index (χ0n) is 12.2. The van der Waals surface area contributed by atoms with Crippen LogP contribution < -0.4 is 10.5 Å². The molecule has 2 aromatic rings. The van der Waals surface area contributed by atoms with E-state index in [2.05, 4.69) is 5.32 Å². The van der Waals surface area contributed by atoms with E-state index >= 15 is 0 Å². The number of aryl methyl sites for hydroxylation is 2. The number of sulfonamides is 1. The molecule has 2 aromatic carbocycles. The molecule has 1 amide bonds. The van der Waals surface area contributed by atoms with Crippen molar-refractivity contribution in [3.63, 3.8) is 0 Å². The number of amides is 1. The molecule has 0 atom stereocenters. The molecule has 0 fully saturated rings. The van der Waals surface area contributed by atoms with E-state index in [1.165, 1.54) is 29.3 Å². The number of primary sulfonamides is 1. The number of anilines is 1. The van der Waals surface area contributed by atoms with Gasteiger partial charge in [-0.2, -0.15) is 0 Å². The first kappa shape index (κ1) is 16.0. The third-order valence-electron chi connectivity index (χ3n) is 3.87. The summed E-state index contributed by atoms with van der Waals surface area (Å²) in [5, 5.41) is 8.00. The van der Waals surface area contributed by atoms with Crippen LogP contribution in [0, 0.1) is 0 Å². The number of hydrogen-bond acceptors (Lipinski definition) is 3. The van der Waals surface area contributed by atoms with Gasteiger partial charge in [-0.1, -0.05) is 17.7 Å². The Balaban J connectivity index is 1.89. The maximum atomic E-state index is 12.4. The molecule has 23 heavy (non-hydrogen) atoms. The molecule has 0 saturated carbocycles. The Morgan fingerprint density at radius 3 is 2.57 bits per heavy atom. The molecule has 0 spiro atoms. The smallest absolute Gasteiger partial charge is 0.257 e. The zero-order chi connectivity index (χ0) is 16.6. The molecule has 0 aromatic heterocycles. The van der Waals surface area contributed by atoms with Gasteiger partial charge in [-0.15, -0.1) is 0 Å². The fourth-order valence-corrected chi connectivity index (χ4v) is 3.45. The van der Waals surface area contributed by atoms with Gasteiger partial charge in [0.25, 0.3) is 5.91 Å². The Kier molecular flexibility index (Phi) is 4.14. The topological polar surface area (TPSA) is 89.3 Å². The minimum absolute atomic E-state index is 0.0682. The Morgan fingerprint density at radius 2 is 1.83 bits per heavy atom. The molecule has 1 aliphatic carbocycles. The average molecular weight is 351 g/mol. The average Bonchev–Trinajstić information content (AvgIpc) is 2.93. The summed E-state index contributed by atoms with van der Waals surface area (Å²) in [6.45, 7) is 0. The van der Waals surface area contributed by atoms with Gasteiger partial charge in [-0.05, 0) is 60.7 Å². The standard InChI is InChI=1S/C16H15ClN2O3S/c17-15-7-6-13(23(18,21)22)9-14(15)16(20)19-12-5-4-10-2-1-3-11(10)8-12/h4-9H,1-3H2,(H,19,20)(H2,18,21,22). The van der Waals surface area contributed by atoms with Crippen LogP contribution in [0.5, 0.6) is 0 Å². The Morgan fingerprint density at radius 1 is 1.09 bits per heavy atom. The Labute approximate surface area is 139 Å². The van der Waals surface area contributed by atoms with E-state index in [0.717, 1.165) is 19.3 Å². The number of carbonyl (C=O) groups excluding carboxylic acids is 1. The minimum Gasteiger partial charge on any atom is -0.322 e. The molecule has 5 nitrogen and oxygen atoms in total. The van der Waals surface area contributed by atoms with Gasteiger partial charge >= 0.3 is 0 Å². The van der Waals surface area contributed by atoms with Crippen LogP contribution in [0.25, 0.3) is 0 Å². The second-order valence-corrected chi connectivity index (χ2v) is 7.45. The van der Waals surface area contributed by atoms with E-state index in [1.807, 2.05) is 18.2 Å². The SMILES string of the molecule is NS(=O)(=O)c1ccc(Cl)c(C(=O)Nc2ccc3c(c2)CCC3)c1. The first-order valence-corrected chi connectivity index (χ1v) is 9.02. The Bertz CT molecular complexity index is 894. The minimum atomic E-state index is -3.90. The van der Waals surface area contributed by atoms with Crippen LogP contribution >= 0.6 is 11.6 Å². The monoisotopic (exact) mass is 350 g/mol. The summed E-state index contributed by atoms with van der Waals surface area (Å²) in [6, 6.07) is 9.57. The molecular weight excluding hydrogens is 336 g/mol. The van der Waals surface area contributed by atoms with Gasteiger partial charge in [0, 0.05) is 5.69 Å². The normalized spacial score (nSPS) is 13.7. The quantitative estimate of drug-likeness (QED) is 0.891. The van der Waals surface area contributed by atoms with E-state index in [4.69, 9.17) is 16.7 Å². The second-order valence-electron chi connectivity index (χ2n) is 5.48. The van der Waals surface area contributed by atoms with E-state index in [1.54, 1.807) is 0 Å². The lowest BCUT2D eigenvalue weighted by Crippen LogP contribution is -2.16. The lowest BCUT2D eigenvalue weighted by Gasteiger charge is -2.09. The summed E-state index contributed by atoms with van der Waals surface area (Å²) < 4.78 is 22.8. The molecule has 1 aliphatic rings. The van der Waals surface area contributed by atoms with Crippen molar-refractivity contribution >= 4 is 33.2 Å². The number of rotatable bonds is 3. The van der Waals surface area contributed by atoms with Crippen LogP contribution in [-0.2, 0) is 22.9 Å². The highest BCUT2D eigenvalue weighted by atomic mass is 35.5. The van der Waals surface area contributed by atoms with Crippen LogP contribution in [-0.4, -0.2) is 14.3 Å². The van der Waals surface area contributed by atoms with Crippen molar-refractivity contribution in [1.29, 1.82) is 0 Å². The molecule has 0 bridgehead atoms. The molecule has 7 heteroatoms. The van der Waals surface area contributed by atoms with Gasteiger partial charge in [-0.3, -0.25) is 4.79 Å². The summed E-state index contributed by atoms with van der Waals surface area (Å²) in [6.07, 6.45) is 3.18. The van der Waals surface area contributed by atoms with Gasteiger partial charge in [0.15, 0.2) is 0 Å². The lowest BCUT2D eigenvalue weighted by atomic mass is 10.1. The molecular formula is C16H15ClN2O3S. The second kappa shape index (κ2) is 5.96. The van der Waals surface area contributed by atoms with Crippen molar-refractivity contribution in [2.45, 2.75) is 24.2 Å². The number of nitrogens with two attached hydrogens (primary N) is 1. The van der Waals surface area contributed by atoms with Crippen LogP contribution in [0.3, 0.4) is 0 Å². The number of carbonyl (C=O) groups is 1. The van der Waals surface area contributed by atoms with Gasteiger partial charge in [0.1, 0.15) is 0 Å². The lowest BCUT2D eigenvalue weighted by molar-refractivity contribution is 0.102. The summed E-state index contributed by atoms with van der Waals surface area (Å²) >= 11 is 6.00. The molecule has 0 unspecified atom stereocenters.